The third kappa shape index (κ3) is 4.41. The number of aliphatic hydroxyl groups excluding tert-OH is 4. The number of ether oxygens (including phenoxy) is 2. The smallest absolute Gasteiger partial charge is 0.145 e. The van der Waals surface area contributed by atoms with Crippen LogP contribution in [-0.4, -0.2) is 65.2 Å². The molecule has 1 aliphatic heterocycles. The summed E-state index contributed by atoms with van der Waals surface area (Å²) in [5.74, 6) is 0. The van der Waals surface area contributed by atoms with Crippen LogP contribution in [0, 0.1) is 0 Å². The van der Waals surface area contributed by atoms with Crippen molar-refractivity contribution in [3.63, 3.8) is 0 Å². The van der Waals surface area contributed by atoms with Crippen molar-refractivity contribution in [1.82, 2.24) is 0 Å². The first-order valence-corrected chi connectivity index (χ1v) is 10.4. The second-order valence-electron chi connectivity index (χ2n) is 7.74. The van der Waals surface area contributed by atoms with Crippen LogP contribution >= 0.6 is 11.6 Å². The van der Waals surface area contributed by atoms with Crippen LogP contribution in [0.2, 0.25) is 5.02 Å². The second kappa shape index (κ2) is 9.75. The van der Waals surface area contributed by atoms with Crippen LogP contribution in [0.3, 0.4) is 0 Å². The summed E-state index contributed by atoms with van der Waals surface area (Å²) < 4.78 is 11.2. The van der Waals surface area contributed by atoms with E-state index in [0.717, 1.165) is 17.5 Å². The van der Waals surface area contributed by atoms with Crippen LogP contribution in [0.25, 0.3) is 0 Å². The van der Waals surface area contributed by atoms with Gasteiger partial charge in [0.2, 0.25) is 0 Å². The molecule has 0 amide bonds. The molecule has 1 fully saturated rings. The molecule has 5 unspecified atom stereocenters. The summed E-state index contributed by atoms with van der Waals surface area (Å²) in [6, 6.07) is 13.5. The first-order chi connectivity index (χ1) is 14.4. The van der Waals surface area contributed by atoms with Crippen molar-refractivity contribution in [2.24, 2.45) is 0 Å². The predicted octanol–water partition coefficient (Wildman–Crippen LogP) is 1.81. The zero-order valence-corrected chi connectivity index (χ0v) is 17.9. The monoisotopic (exact) mass is 436 g/mol. The lowest BCUT2D eigenvalue weighted by Gasteiger charge is -2.48. The summed E-state index contributed by atoms with van der Waals surface area (Å²) in [7, 11) is 1.45. The van der Waals surface area contributed by atoms with Crippen LogP contribution < -0.4 is 0 Å². The molecular weight excluding hydrogens is 408 g/mol. The Morgan fingerprint density at radius 1 is 1.03 bits per heavy atom. The van der Waals surface area contributed by atoms with Crippen molar-refractivity contribution in [3.05, 3.63) is 69.7 Å². The van der Waals surface area contributed by atoms with Crippen molar-refractivity contribution in [3.8, 4) is 0 Å². The Hall–Kier alpha value is -1.51. The standard InChI is InChI=1S/C23H29ClO6/c1-3-14-4-6-15(7-5-14)10-16-11-17(8-9-18(16)24)23(13-29-2)22(28)21(27)20(26)19(12-25)30-23/h4-9,11,19-22,25-28H,3,10,12-13H2,1-2H3. The predicted molar refractivity (Wildman–Crippen MR) is 114 cm³/mol. The lowest BCUT2D eigenvalue weighted by molar-refractivity contribution is -0.290. The van der Waals surface area contributed by atoms with E-state index in [4.69, 9.17) is 21.1 Å². The van der Waals surface area contributed by atoms with E-state index < -0.39 is 36.6 Å². The molecule has 0 bridgehead atoms. The summed E-state index contributed by atoms with van der Waals surface area (Å²) in [5, 5.41) is 41.6. The molecule has 1 saturated heterocycles. The van der Waals surface area contributed by atoms with Gasteiger partial charge < -0.3 is 29.9 Å². The van der Waals surface area contributed by atoms with Gasteiger partial charge in [0.25, 0.3) is 0 Å². The fourth-order valence-corrected chi connectivity index (χ4v) is 4.16. The highest BCUT2D eigenvalue weighted by molar-refractivity contribution is 6.31. The van der Waals surface area contributed by atoms with Crippen molar-refractivity contribution in [2.45, 2.75) is 49.8 Å². The molecule has 0 radical (unpaired) electrons. The Bertz CT molecular complexity index is 840. The van der Waals surface area contributed by atoms with Gasteiger partial charge in [-0.1, -0.05) is 54.9 Å². The van der Waals surface area contributed by atoms with E-state index in [9.17, 15) is 20.4 Å². The molecule has 30 heavy (non-hydrogen) atoms. The van der Waals surface area contributed by atoms with Gasteiger partial charge in [0.1, 0.15) is 30.0 Å². The SMILES string of the molecule is CCc1ccc(Cc2cc(C3(COC)OC(CO)C(O)C(O)C3O)ccc2Cl)cc1. The zero-order valence-electron chi connectivity index (χ0n) is 17.2. The van der Waals surface area contributed by atoms with Crippen LogP contribution in [0.1, 0.15) is 29.2 Å². The normalized spacial score (nSPS) is 29.2. The fraction of sp³-hybridized carbons (Fsp3) is 0.478. The van der Waals surface area contributed by atoms with E-state index >= 15 is 0 Å². The number of hydrogen-bond acceptors (Lipinski definition) is 6. The summed E-state index contributed by atoms with van der Waals surface area (Å²) in [4.78, 5) is 0. The van der Waals surface area contributed by atoms with Gasteiger partial charge in [0.05, 0.1) is 13.2 Å². The number of benzene rings is 2. The summed E-state index contributed by atoms with van der Waals surface area (Å²) in [6.45, 7) is 1.51. The topological polar surface area (TPSA) is 99.4 Å². The number of rotatable bonds is 7. The van der Waals surface area contributed by atoms with E-state index in [-0.39, 0.29) is 6.61 Å². The molecule has 6 nitrogen and oxygen atoms in total. The number of hydrogen-bond donors (Lipinski definition) is 4. The third-order valence-corrected chi connectivity index (χ3v) is 6.16. The Morgan fingerprint density at radius 3 is 2.30 bits per heavy atom. The summed E-state index contributed by atoms with van der Waals surface area (Å²) in [5.41, 5.74) is 2.24. The molecule has 7 heteroatoms. The maximum Gasteiger partial charge on any atom is 0.145 e. The van der Waals surface area contributed by atoms with Crippen molar-refractivity contribution in [1.29, 1.82) is 0 Å². The molecule has 164 valence electrons. The molecule has 5 atom stereocenters. The van der Waals surface area contributed by atoms with Crippen LogP contribution in [0.4, 0.5) is 0 Å². The average molecular weight is 437 g/mol. The van der Waals surface area contributed by atoms with E-state index in [0.29, 0.717) is 17.0 Å². The van der Waals surface area contributed by atoms with Gasteiger partial charge >= 0.3 is 0 Å². The van der Waals surface area contributed by atoms with Gasteiger partial charge in [0.15, 0.2) is 0 Å². The Labute approximate surface area is 181 Å². The van der Waals surface area contributed by atoms with E-state index in [1.165, 1.54) is 12.7 Å². The minimum atomic E-state index is -1.51. The van der Waals surface area contributed by atoms with E-state index in [1.807, 2.05) is 6.07 Å². The molecule has 0 saturated carbocycles. The molecule has 1 heterocycles. The largest absolute Gasteiger partial charge is 0.394 e. The minimum Gasteiger partial charge on any atom is -0.394 e. The molecule has 3 rings (SSSR count). The zero-order chi connectivity index (χ0) is 21.9. The van der Waals surface area contributed by atoms with Gasteiger partial charge in [0, 0.05) is 12.1 Å². The van der Waals surface area contributed by atoms with Crippen LogP contribution in [0.5, 0.6) is 0 Å². The van der Waals surface area contributed by atoms with Gasteiger partial charge in [-0.05, 0) is 41.2 Å². The fourth-order valence-electron chi connectivity index (χ4n) is 3.98. The molecule has 1 aliphatic rings. The van der Waals surface area contributed by atoms with Crippen molar-refractivity contribution in [2.75, 3.05) is 20.3 Å². The highest BCUT2D eigenvalue weighted by Crippen LogP contribution is 2.40. The first kappa shape index (κ1) is 23.2. The number of aryl methyl sites for hydroxylation is 1. The minimum absolute atomic E-state index is 0.0826. The van der Waals surface area contributed by atoms with Gasteiger partial charge in [-0.3, -0.25) is 0 Å². The van der Waals surface area contributed by atoms with E-state index in [1.54, 1.807) is 12.1 Å². The van der Waals surface area contributed by atoms with Gasteiger partial charge in [-0.25, -0.2) is 0 Å². The Balaban J connectivity index is 1.99. The van der Waals surface area contributed by atoms with Gasteiger partial charge in [-0.15, -0.1) is 0 Å². The van der Waals surface area contributed by atoms with Crippen LogP contribution in [0.15, 0.2) is 42.5 Å². The summed E-state index contributed by atoms with van der Waals surface area (Å²) >= 11 is 6.45. The highest BCUT2D eigenvalue weighted by atomic mass is 35.5. The molecule has 2 aromatic rings. The number of halogens is 1. The Morgan fingerprint density at radius 2 is 1.70 bits per heavy atom. The molecule has 0 spiro atoms. The molecule has 4 N–H and O–H groups in total. The Kier molecular flexibility index (Phi) is 7.52. The lowest BCUT2D eigenvalue weighted by Crippen LogP contribution is -2.65. The molecule has 0 aliphatic carbocycles. The quantitative estimate of drug-likeness (QED) is 0.528. The van der Waals surface area contributed by atoms with Crippen molar-refractivity contribution >= 4 is 11.6 Å². The number of methoxy groups -OCH3 is 1. The maximum atomic E-state index is 10.8. The maximum absolute atomic E-state index is 10.8. The first-order valence-electron chi connectivity index (χ1n) is 10.0. The highest BCUT2D eigenvalue weighted by Gasteiger charge is 2.54. The van der Waals surface area contributed by atoms with E-state index in [2.05, 4.69) is 31.2 Å². The average Bonchev–Trinajstić information content (AvgIpc) is 2.76. The third-order valence-electron chi connectivity index (χ3n) is 5.79. The molecule has 0 aromatic heterocycles. The van der Waals surface area contributed by atoms with Crippen molar-refractivity contribution < 1.29 is 29.9 Å². The number of aliphatic hydroxyl groups is 4. The second-order valence-corrected chi connectivity index (χ2v) is 8.15. The lowest BCUT2D eigenvalue weighted by atomic mass is 9.79. The molecular formula is C23H29ClO6. The van der Waals surface area contributed by atoms with Gasteiger partial charge in [-0.2, -0.15) is 0 Å². The van der Waals surface area contributed by atoms with Crippen LogP contribution in [-0.2, 0) is 27.9 Å². The summed E-state index contributed by atoms with van der Waals surface area (Å²) in [6.07, 6.45) is -3.92. The molecule has 2 aromatic carbocycles.